The van der Waals surface area contributed by atoms with Gasteiger partial charge < -0.3 is 14.9 Å². The highest BCUT2D eigenvalue weighted by Crippen LogP contribution is 2.37. The van der Waals surface area contributed by atoms with Crippen LogP contribution in [0, 0.1) is 17.8 Å². The fourth-order valence-corrected chi connectivity index (χ4v) is 2.14. The van der Waals surface area contributed by atoms with E-state index in [4.69, 9.17) is 9.84 Å². The topological polar surface area (TPSA) is 49.7 Å². The minimum Gasteiger partial charge on any atom is -0.396 e. The van der Waals surface area contributed by atoms with E-state index in [1.807, 2.05) is 0 Å². The molecule has 0 aromatic carbocycles. The van der Waals surface area contributed by atoms with Crippen molar-refractivity contribution in [3.05, 3.63) is 0 Å². The summed E-state index contributed by atoms with van der Waals surface area (Å²) < 4.78 is 4.87. The molecule has 1 aliphatic carbocycles. The molecule has 1 fully saturated rings. The summed E-state index contributed by atoms with van der Waals surface area (Å²) in [5.41, 5.74) is 0. The van der Waals surface area contributed by atoms with Gasteiger partial charge in [-0.25, -0.2) is 0 Å². The molecule has 1 saturated carbocycles. The molecule has 12 heavy (non-hydrogen) atoms. The maximum absolute atomic E-state index is 9.44. The summed E-state index contributed by atoms with van der Waals surface area (Å²) in [5, 5.41) is 18.4. The Morgan fingerprint density at radius 2 is 2.17 bits per heavy atom. The van der Waals surface area contributed by atoms with Crippen LogP contribution in [0.4, 0.5) is 0 Å². The zero-order valence-electron chi connectivity index (χ0n) is 7.73. The van der Waals surface area contributed by atoms with Crippen molar-refractivity contribution >= 4 is 0 Å². The minimum absolute atomic E-state index is 0.201. The van der Waals surface area contributed by atoms with Gasteiger partial charge in [-0.15, -0.1) is 0 Å². The Morgan fingerprint density at radius 1 is 1.50 bits per heavy atom. The first kappa shape index (κ1) is 9.96. The average molecular weight is 174 g/mol. The molecule has 0 radical (unpaired) electrons. The molecule has 3 heteroatoms. The number of methoxy groups -OCH3 is 1. The van der Waals surface area contributed by atoms with E-state index >= 15 is 0 Å². The Kier molecular flexibility index (Phi) is 3.50. The van der Waals surface area contributed by atoms with Gasteiger partial charge in [0.1, 0.15) is 0 Å². The van der Waals surface area contributed by atoms with Gasteiger partial charge in [0.05, 0.1) is 0 Å². The van der Waals surface area contributed by atoms with E-state index in [-0.39, 0.29) is 12.5 Å². The molecule has 4 atom stereocenters. The lowest BCUT2D eigenvalue weighted by Gasteiger charge is -2.20. The van der Waals surface area contributed by atoms with Gasteiger partial charge in [0.15, 0.2) is 6.29 Å². The molecule has 0 heterocycles. The van der Waals surface area contributed by atoms with Crippen LogP contribution >= 0.6 is 0 Å². The zero-order valence-corrected chi connectivity index (χ0v) is 7.73. The maximum Gasteiger partial charge on any atom is 0.157 e. The van der Waals surface area contributed by atoms with Crippen LogP contribution in [-0.2, 0) is 4.74 Å². The highest BCUT2D eigenvalue weighted by atomic mass is 16.6. The molecule has 0 aliphatic heterocycles. The fraction of sp³-hybridized carbons (Fsp3) is 1.00. The fourth-order valence-electron chi connectivity index (χ4n) is 2.14. The molecule has 0 aromatic rings. The van der Waals surface area contributed by atoms with Crippen LogP contribution in [0.5, 0.6) is 0 Å². The van der Waals surface area contributed by atoms with Gasteiger partial charge in [0.25, 0.3) is 0 Å². The first-order chi connectivity index (χ1) is 5.69. The van der Waals surface area contributed by atoms with E-state index in [0.717, 1.165) is 12.8 Å². The summed E-state index contributed by atoms with van der Waals surface area (Å²) in [6.45, 7) is 2.33. The summed E-state index contributed by atoms with van der Waals surface area (Å²) in [4.78, 5) is 0. The third kappa shape index (κ3) is 1.97. The summed E-state index contributed by atoms with van der Waals surface area (Å²) in [6, 6.07) is 0. The third-order valence-electron chi connectivity index (χ3n) is 2.91. The lowest BCUT2D eigenvalue weighted by Crippen LogP contribution is -2.24. The molecule has 72 valence electrons. The van der Waals surface area contributed by atoms with Gasteiger partial charge in [-0.2, -0.15) is 0 Å². The van der Waals surface area contributed by atoms with E-state index in [2.05, 4.69) is 6.92 Å². The van der Waals surface area contributed by atoms with Gasteiger partial charge in [-0.3, -0.25) is 0 Å². The first-order valence-electron chi connectivity index (χ1n) is 4.50. The summed E-state index contributed by atoms with van der Waals surface area (Å²) in [7, 11) is 1.52. The van der Waals surface area contributed by atoms with Crippen molar-refractivity contribution in [1.82, 2.24) is 0 Å². The van der Waals surface area contributed by atoms with E-state index in [1.165, 1.54) is 7.11 Å². The molecule has 1 aliphatic rings. The van der Waals surface area contributed by atoms with E-state index in [9.17, 15) is 5.11 Å². The lowest BCUT2D eigenvalue weighted by molar-refractivity contribution is -0.120. The summed E-state index contributed by atoms with van der Waals surface area (Å²) in [6.07, 6.45) is 1.23. The number of ether oxygens (including phenoxy) is 1. The summed E-state index contributed by atoms with van der Waals surface area (Å²) in [5.74, 6) is 1.01. The van der Waals surface area contributed by atoms with Crippen LogP contribution in [0.3, 0.4) is 0 Å². The Morgan fingerprint density at radius 3 is 2.58 bits per heavy atom. The predicted molar refractivity (Wildman–Crippen MR) is 45.5 cm³/mol. The molecule has 3 unspecified atom stereocenters. The second-order valence-corrected chi connectivity index (χ2v) is 3.79. The largest absolute Gasteiger partial charge is 0.396 e. The normalized spacial score (nSPS) is 38.5. The van der Waals surface area contributed by atoms with E-state index in [1.54, 1.807) is 0 Å². The summed E-state index contributed by atoms with van der Waals surface area (Å²) >= 11 is 0. The SMILES string of the molecule is COC(O)C1CC(CO)C[C@@H]1C. The number of hydrogen-bond donors (Lipinski definition) is 2. The zero-order chi connectivity index (χ0) is 9.14. The molecular weight excluding hydrogens is 156 g/mol. The second-order valence-electron chi connectivity index (χ2n) is 3.79. The molecule has 0 amide bonds. The molecular formula is C9H18O3. The standard InChI is InChI=1S/C9H18O3/c1-6-3-7(5-10)4-8(6)9(11)12-2/h6-11H,3-5H2,1-2H3/t6-,7?,8?,9?/m0/s1. The van der Waals surface area contributed by atoms with Gasteiger partial charge in [0, 0.05) is 19.6 Å². The van der Waals surface area contributed by atoms with Crippen LogP contribution < -0.4 is 0 Å². The van der Waals surface area contributed by atoms with Crippen molar-refractivity contribution in [3.8, 4) is 0 Å². The van der Waals surface area contributed by atoms with Gasteiger partial charge in [-0.05, 0) is 24.7 Å². The van der Waals surface area contributed by atoms with Gasteiger partial charge in [-0.1, -0.05) is 6.92 Å². The van der Waals surface area contributed by atoms with Crippen molar-refractivity contribution in [3.63, 3.8) is 0 Å². The Balaban J connectivity index is 2.45. The Labute approximate surface area is 73.4 Å². The molecule has 0 spiro atoms. The van der Waals surface area contributed by atoms with Crippen LogP contribution in [0.25, 0.3) is 0 Å². The monoisotopic (exact) mass is 174 g/mol. The quantitative estimate of drug-likeness (QED) is 0.616. The third-order valence-corrected chi connectivity index (χ3v) is 2.91. The van der Waals surface area contributed by atoms with Gasteiger partial charge in [0.2, 0.25) is 0 Å². The average Bonchev–Trinajstić information content (AvgIpc) is 2.45. The van der Waals surface area contributed by atoms with Crippen molar-refractivity contribution in [2.75, 3.05) is 13.7 Å². The Hall–Kier alpha value is -0.120. The number of aliphatic hydroxyl groups is 2. The molecule has 0 saturated heterocycles. The van der Waals surface area contributed by atoms with Gasteiger partial charge >= 0.3 is 0 Å². The Bertz CT molecular complexity index is 138. The number of aliphatic hydroxyl groups excluding tert-OH is 2. The van der Waals surface area contributed by atoms with Crippen molar-refractivity contribution < 1.29 is 14.9 Å². The predicted octanol–water partition coefficient (Wildman–Crippen LogP) is 0.606. The maximum atomic E-state index is 9.44. The second kappa shape index (κ2) is 4.21. The highest BCUT2D eigenvalue weighted by molar-refractivity contribution is 4.82. The molecule has 2 N–H and O–H groups in total. The smallest absolute Gasteiger partial charge is 0.157 e. The van der Waals surface area contributed by atoms with E-state index in [0.29, 0.717) is 11.8 Å². The highest BCUT2D eigenvalue weighted by Gasteiger charge is 2.35. The van der Waals surface area contributed by atoms with Crippen molar-refractivity contribution in [1.29, 1.82) is 0 Å². The molecule has 1 rings (SSSR count). The van der Waals surface area contributed by atoms with Crippen LogP contribution in [0.1, 0.15) is 19.8 Å². The van der Waals surface area contributed by atoms with Crippen molar-refractivity contribution in [2.45, 2.75) is 26.1 Å². The number of rotatable bonds is 3. The minimum atomic E-state index is -0.656. The van der Waals surface area contributed by atoms with E-state index < -0.39 is 6.29 Å². The lowest BCUT2D eigenvalue weighted by atomic mass is 9.98. The molecule has 0 aromatic heterocycles. The van der Waals surface area contributed by atoms with Crippen molar-refractivity contribution in [2.24, 2.45) is 17.8 Å². The molecule has 3 nitrogen and oxygen atoms in total. The first-order valence-corrected chi connectivity index (χ1v) is 4.50. The van der Waals surface area contributed by atoms with Crippen LogP contribution in [-0.4, -0.2) is 30.2 Å². The molecule has 0 bridgehead atoms. The van der Waals surface area contributed by atoms with Crippen LogP contribution in [0.2, 0.25) is 0 Å². The number of hydrogen-bond acceptors (Lipinski definition) is 3. The van der Waals surface area contributed by atoms with Crippen LogP contribution in [0.15, 0.2) is 0 Å².